The van der Waals surface area contributed by atoms with Crippen LogP contribution in [0.4, 0.5) is 17.8 Å². The van der Waals surface area contributed by atoms with Gasteiger partial charge >= 0.3 is 0 Å². The summed E-state index contributed by atoms with van der Waals surface area (Å²) < 4.78 is 0. The van der Waals surface area contributed by atoms with Crippen LogP contribution in [0.15, 0.2) is 0 Å². The van der Waals surface area contributed by atoms with Gasteiger partial charge < -0.3 is 11.5 Å². The van der Waals surface area contributed by atoms with Gasteiger partial charge in [0.15, 0.2) is 5.12 Å². The van der Waals surface area contributed by atoms with E-state index in [2.05, 4.69) is 15.0 Å². The van der Waals surface area contributed by atoms with Gasteiger partial charge in [-0.3, -0.25) is 14.5 Å². The molecule has 1 atom stereocenters. The second kappa shape index (κ2) is 4.77. The van der Waals surface area contributed by atoms with Crippen molar-refractivity contribution in [2.45, 2.75) is 18.6 Å². The molecule has 0 aliphatic carbocycles. The molecule has 0 aromatic carbocycles. The summed E-state index contributed by atoms with van der Waals surface area (Å²) in [7, 11) is 0. The fourth-order valence-corrected chi connectivity index (χ4v) is 2.62. The maximum absolute atomic E-state index is 11.8. The minimum absolute atomic E-state index is 0.0238. The molecule has 0 spiro atoms. The van der Waals surface area contributed by atoms with E-state index in [1.165, 1.54) is 11.8 Å². The number of rotatable bonds is 2. The minimum Gasteiger partial charge on any atom is -0.368 e. The quantitative estimate of drug-likeness (QED) is 0.729. The minimum atomic E-state index is -0.154. The van der Waals surface area contributed by atoms with Crippen molar-refractivity contribution in [1.29, 1.82) is 0 Å². The molecule has 1 aliphatic heterocycles. The number of nitrogens with zero attached hydrogens (tertiary/aromatic N) is 4. The van der Waals surface area contributed by atoms with Crippen molar-refractivity contribution < 1.29 is 9.59 Å². The van der Waals surface area contributed by atoms with E-state index >= 15 is 0 Å². The van der Waals surface area contributed by atoms with E-state index < -0.39 is 0 Å². The summed E-state index contributed by atoms with van der Waals surface area (Å²) in [5.74, 6) is -0.0867. The summed E-state index contributed by atoms with van der Waals surface area (Å²) in [6.45, 7) is 1.84. The number of hydrogen-bond acceptors (Lipinski definition) is 8. The Kier molecular flexibility index (Phi) is 3.32. The zero-order chi connectivity index (χ0) is 13.3. The molecule has 1 aromatic rings. The second-order valence-electron chi connectivity index (χ2n) is 3.79. The van der Waals surface area contributed by atoms with Crippen molar-refractivity contribution in [3.8, 4) is 0 Å². The number of carbonyl (C=O) groups is 2. The Morgan fingerprint density at radius 3 is 2.50 bits per heavy atom. The van der Waals surface area contributed by atoms with E-state index in [1.54, 1.807) is 0 Å². The van der Waals surface area contributed by atoms with Crippen LogP contribution >= 0.6 is 11.8 Å². The van der Waals surface area contributed by atoms with Crippen molar-refractivity contribution in [2.75, 3.05) is 22.9 Å². The molecule has 1 fully saturated rings. The van der Waals surface area contributed by atoms with Crippen LogP contribution in [0.1, 0.15) is 13.3 Å². The van der Waals surface area contributed by atoms with Crippen molar-refractivity contribution in [3.05, 3.63) is 0 Å². The Morgan fingerprint density at radius 1 is 1.33 bits per heavy atom. The van der Waals surface area contributed by atoms with Gasteiger partial charge in [0.2, 0.25) is 23.8 Å². The molecule has 1 amide bonds. The highest BCUT2D eigenvalue weighted by Crippen LogP contribution is 2.27. The average Bonchev–Trinajstić information content (AvgIpc) is 2.56. The lowest BCUT2D eigenvalue weighted by Gasteiger charge is -2.14. The number of anilines is 3. The first kappa shape index (κ1) is 12.6. The predicted octanol–water partition coefficient (Wildman–Crippen LogP) is -0.579. The Hall–Kier alpha value is -1.90. The lowest BCUT2D eigenvalue weighted by atomic mass is 10.4. The summed E-state index contributed by atoms with van der Waals surface area (Å²) in [4.78, 5) is 35.6. The first-order valence-corrected chi connectivity index (χ1v) is 6.08. The van der Waals surface area contributed by atoms with Gasteiger partial charge in [-0.25, -0.2) is 0 Å². The van der Waals surface area contributed by atoms with Crippen LogP contribution in [-0.4, -0.2) is 37.8 Å². The molecule has 8 nitrogen and oxygen atoms in total. The zero-order valence-corrected chi connectivity index (χ0v) is 10.5. The van der Waals surface area contributed by atoms with Crippen LogP contribution in [0, 0.1) is 0 Å². The average molecular weight is 268 g/mol. The topological polar surface area (TPSA) is 128 Å². The van der Waals surface area contributed by atoms with E-state index in [4.69, 9.17) is 11.5 Å². The van der Waals surface area contributed by atoms with Crippen LogP contribution in [0.2, 0.25) is 0 Å². The molecule has 1 aliphatic rings. The summed E-state index contributed by atoms with van der Waals surface area (Å²) in [6.07, 6.45) is 0.274. The van der Waals surface area contributed by atoms with Crippen LogP contribution in [0.25, 0.3) is 0 Å². The Balaban J connectivity index is 2.18. The molecule has 0 bridgehead atoms. The van der Waals surface area contributed by atoms with E-state index in [0.29, 0.717) is 6.54 Å². The van der Waals surface area contributed by atoms with Gasteiger partial charge in [0.25, 0.3) is 0 Å². The molecule has 1 saturated heterocycles. The molecule has 0 saturated carbocycles. The fourth-order valence-electron chi connectivity index (χ4n) is 1.70. The molecular formula is C9H12N6O2S. The number of thioether (sulfide) groups is 1. The number of carbonyl (C=O) groups excluding carboxylic acids is 2. The molecule has 9 heteroatoms. The van der Waals surface area contributed by atoms with Gasteiger partial charge in [-0.2, -0.15) is 15.0 Å². The van der Waals surface area contributed by atoms with Crippen molar-refractivity contribution in [2.24, 2.45) is 0 Å². The summed E-state index contributed by atoms with van der Waals surface area (Å²) in [5, 5.41) is -0.112. The maximum atomic E-state index is 11.8. The van der Waals surface area contributed by atoms with Crippen molar-refractivity contribution >= 4 is 40.6 Å². The largest absolute Gasteiger partial charge is 0.368 e. The molecule has 96 valence electrons. The molecule has 4 N–H and O–H groups in total. The lowest BCUT2D eigenvalue weighted by Crippen LogP contribution is -2.28. The van der Waals surface area contributed by atoms with E-state index in [9.17, 15) is 9.59 Å². The second-order valence-corrected chi connectivity index (χ2v) is 5.27. The van der Waals surface area contributed by atoms with Gasteiger partial charge in [-0.15, -0.1) is 0 Å². The third-order valence-corrected chi connectivity index (χ3v) is 3.30. The molecule has 1 aromatic heterocycles. The van der Waals surface area contributed by atoms with Crippen LogP contribution in [0.3, 0.4) is 0 Å². The predicted molar refractivity (Wildman–Crippen MR) is 67.7 cm³/mol. The molecule has 18 heavy (non-hydrogen) atoms. The first-order chi connectivity index (χ1) is 8.45. The molecular weight excluding hydrogens is 256 g/mol. The third-order valence-electron chi connectivity index (χ3n) is 2.32. The highest BCUT2D eigenvalue weighted by molar-refractivity contribution is 8.14. The SMILES string of the molecule is CC(=O)SC1CC(=O)N(c2nc(N)nc(N)n2)C1. The molecule has 2 rings (SSSR count). The summed E-state index contributed by atoms with van der Waals surface area (Å²) in [6, 6.07) is 0. The maximum Gasteiger partial charge on any atom is 0.238 e. The van der Waals surface area contributed by atoms with Gasteiger partial charge in [0.05, 0.1) is 0 Å². The third kappa shape index (κ3) is 2.67. The van der Waals surface area contributed by atoms with Gasteiger partial charge in [-0.1, -0.05) is 11.8 Å². The van der Waals surface area contributed by atoms with Gasteiger partial charge in [-0.05, 0) is 0 Å². The van der Waals surface area contributed by atoms with E-state index in [-0.39, 0.29) is 40.5 Å². The number of hydrogen-bond donors (Lipinski definition) is 2. The number of amides is 1. The zero-order valence-electron chi connectivity index (χ0n) is 9.66. The van der Waals surface area contributed by atoms with E-state index in [0.717, 1.165) is 11.8 Å². The lowest BCUT2D eigenvalue weighted by molar-refractivity contribution is -0.117. The normalized spacial score (nSPS) is 19.3. The number of nitrogen functional groups attached to an aromatic ring is 2. The van der Waals surface area contributed by atoms with Gasteiger partial charge in [0.1, 0.15) is 0 Å². The molecule has 0 radical (unpaired) electrons. The Labute approximate surface area is 107 Å². The smallest absolute Gasteiger partial charge is 0.238 e. The highest BCUT2D eigenvalue weighted by Gasteiger charge is 2.33. The number of nitrogens with two attached hydrogens (primary N) is 2. The van der Waals surface area contributed by atoms with Gasteiger partial charge in [0, 0.05) is 25.1 Å². The molecule has 2 heterocycles. The monoisotopic (exact) mass is 268 g/mol. The summed E-state index contributed by atoms with van der Waals surface area (Å²) >= 11 is 1.14. The van der Waals surface area contributed by atoms with Crippen molar-refractivity contribution in [3.63, 3.8) is 0 Å². The van der Waals surface area contributed by atoms with Crippen molar-refractivity contribution in [1.82, 2.24) is 15.0 Å². The molecule has 1 unspecified atom stereocenters. The van der Waals surface area contributed by atoms with Crippen LogP contribution in [0.5, 0.6) is 0 Å². The standard InChI is InChI=1S/C9H12N6O2S/c1-4(16)18-5-2-6(17)15(3-5)9-13-7(10)12-8(11)14-9/h5H,2-3H2,1H3,(H4,10,11,12,13,14). The first-order valence-electron chi connectivity index (χ1n) is 5.20. The highest BCUT2D eigenvalue weighted by atomic mass is 32.2. The van der Waals surface area contributed by atoms with Crippen LogP contribution < -0.4 is 16.4 Å². The fraction of sp³-hybridized carbons (Fsp3) is 0.444. The summed E-state index contributed by atoms with van der Waals surface area (Å²) in [5.41, 5.74) is 10.9. The Bertz CT molecular complexity index is 488. The van der Waals surface area contributed by atoms with E-state index in [1.807, 2.05) is 0 Å². The van der Waals surface area contributed by atoms with Crippen LogP contribution in [-0.2, 0) is 9.59 Å². The Morgan fingerprint density at radius 2 is 1.94 bits per heavy atom. The number of aromatic nitrogens is 3.